The van der Waals surface area contributed by atoms with E-state index in [1.165, 1.54) is 4.90 Å². The zero-order chi connectivity index (χ0) is 22.1. The number of carbonyl (C=O) groups excluding carboxylic acids is 4. The first-order valence-corrected chi connectivity index (χ1v) is 11.5. The number of hydrogen-bond acceptors (Lipinski definition) is 5. The summed E-state index contributed by atoms with van der Waals surface area (Å²) in [4.78, 5) is 52.0. The summed E-state index contributed by atoms with van der Waals surface area (Å²) in [7, 11) is 0. The number of aryl methyl sites for hydroxylation is 2. The molecule has 1 aliphatic heterocycles. The zero-order valence-corrected chi connectivity index (χ0v) is 18.4. The number of fused-ring (bicyclic) bond motifs is 1. The number of ketones is 1. The Balaban J connectivity index is 1.28. The Morgan fingerprint density at radius 3 is 2.10 bits per heavy atom. The summed E-state index contributed by atoms with van der Waals surface area (Å²) in [5.74, 6) is -1.09. The summed E-state index contributed by atoms with van der Waals surface area (Å²) in [6.07, 6.45) is 6.09. The first-order chi connectivity index (χ1) is 14.9. The average Bonchev–Trinajstić information content (AvgIpc) is 3.04. The summed E-state index contributed by atoms with van der Waals surface area (Å²) in [6, 6.07) is 5.36. The molecule has 31 heavy (non-hydrogen) atoms. The molecule has 1 saturated heterocycles. The molecule has 4 rings (SSSR count). The van der Waals surface area contributed by atoms with Gasteiger partial charge in [-0.1, -0.05) is 25.0 Å². The second-order valence-electron chi connectivity index (χ2n) is 9.38. The fourth-order valence-corrected chi connectivity index (χ4v) is 5.37. The number of imide groups is 1. The average molecular weight is 426 g/mol. The molecule has 1 aromatic rings. The normalized spacial score (nSPS) is 28.4. The third-order valence-electron chi connectivity index (χ3n) is 7.44. The molecule has 1 aromatic carbocycles. The van der Waals surface area contributed by atoms with Gasteiger partial charge in [0.15, 0.2) is 12.4 Å². The minimum atomic E-state index is -0.358. The lowest BCUT2D eigenvalue weighted by Gasteiger charge is -2.32. The van der Waals surface area contributed by atoms with Crippen molar-refractivity contribution in [3.8, 4) is 0 Å². The van der Waals surface area contributed by atoms with Crippen molar-refractivity contribution in [3.05, 3.63) is 34.9 Å². The first-order valence-electron chi connectivity index (χ1n) is 11.5. The Morgan fingerprint density at radius 2 is 1.52 bits per heavy atom. The molecule has 6 nitrogen and oxygen atoms in total. The maximum Gasteiger partial charge on any atom is 0.309 e. The highest BCUT2D eigenvalue weighted by Crippen LogP contribution is 2.41. The second kappa shape index (κ2) is 8.93. The Hall–Kier alpha value is -2.50. The van der Waals surface area contributed by atoms with E-state index in [4.69, 9.17) is 4.74 Å². The number of hydrogen-bond donors (Lipinski definition) is 0. The van der Waals surface area contributed by atoms with Crippen LogP contribution in [0.3, 0.4) is 0 Å². The number of benzene rings is 1. The van der Waals surface area contributed by atoms with E-state index in [0.717, 1.165) is 36.8 Å². The van der Waals surface area contributed by atoms with Crippen molar-refractivity contribution in [2.45, 2.75) is 71.3 Å². The van der Waals surface area contributed by atoms with Crippen molar-refractivity contribution < 1.29 is 23.9 Å². The van der Waals surface area contributed by atoms with Gasteiger partial charge >= 0.3 is 5.97 Å². The summed E-state index contributed by atoms with van der Waals surface area (Å²) >= 11 is 0. The van der Waals surface area contributed by atoms with Gasteiger partial charge in [-0.05, 0) is 69.6 Å². The van der Waals surface area contributed by atoms with Crippen LogP contribution in [0.5, 0.6) is 0 Å². The smallest absolute Gasteiger partial charge is 0.309 e. The highest BCUT2D eigenvalue weighted by atomic mass is 16.5. The minimum absolute atomic E-state index is 0.000264. The topological polar surface area (TPSA) is 80.8 Å². The van der Waals surface area contributed by atoms with E-state index in [1.807, 2.05) is 26.0 Å². The predicted octanol–water partition coefficient (Wildman–Crippen LogP) is 3.76. The Bertz CT molecular complexity index is 875. The Kier molecular flexibility index (Phi) is 6.26. The van der Waals surface area contributed by atoms with Gasteiger partial charge in [0.25, 0.3) is 0 Å². The van der Waals surface area contributed by atoms with E-state index in [-0.39, 0.29) is 54.0 Å². The molecule has 0 unspecified atom stereocenters. The zero-order valence-electron chi connectivity index (χ0n) is 18.4. The summed E-state index contributed by atoms with van der Waals surface area (Å²) in [5.41, 5.74) is 2.69. The molecule has 0 N–H and O–H groups in total. The van der Waals surface area contributed by atoms with Crippen LogP contribution in [0.4, 0.5) is 0 Å². The first kappa shape index (κ1) is 21.7. The number of ether oxygens (including phenoxy) is 1. The molecular weight excluding hydrogens is 394 g/mol. The van der Waals surface area contributed by atoms with E-state index in [1.54, 1.807) is 6.07 Å². The molecule has 0 aromatic heterocycles. The fraction of sp³-hybridized carbons (Fsp3) is 0.600. The van der Waals surface area contributed by atoms with Crippen LogP contribution in [0, 0.1) is 31.6 Å². The third-order valence-corrected chi connectivity index (χ3v) is 7.44. The van der Waals surface area contributed by atoms with E-state index in [0.29, 0.717) is 31.2 Å². The fourth-order valence-electron chi connectivity index (χ4n) is 5.37. The van der Waals surface area contributed by atoms with Crippen LogP contribution < -0.4 is 0 Å². The summed E-state index contributed by atoms with van der Waals surface area (Å²) in [6.45, 7) is 3.67. The van der Waals surface area contributed by atoms with Gasteiger partial charge < -0.3 is 4.74 Å². The molecule has 3 aliphatic rings. The van der Waals surface area contributed by atoms with Crippen molar-refractivity contribution >= 4 is 23.6 Å². The summed E-state index contributed by atoms with van der Waals surface area (Å²) in [5, 5.41) is 0. The van der Waals surface area contributed by atoms with E-state index < -0.39 is 0 Å². The maximum atomic E-state index is 12.8. The number of esters is 1. The number of Topliss-reactive ketones (excluding diaryl/α,β-unsaturated/α-hetero) is 1. The van der Waals surface area contributed by atoms with Gasteiger partial charge in [0, 0.05) is 11.6 Å². The lowest BCUT2D eigenvalue weighted by Crippen LogP contribution is -2.43. The van der Waals surface area contributed by atoms with Gasteiger partial charge in [0.05, 0.1) is 17.8 Å². The van der Waals surface area contributed by atoms with Crippen LogP contribution in [-0.4, -0.2) is 41.1 Å². The number of rotatable bonds is 5. The van der Waals surface area contributed by atoms with Crippen molar-refractivity contribution in [1.29, 1.82) is 0 Å². The molecule has 0 radical (unpaired) electrons. The van der Waals surface area contributed by atoms with Gasteiger partial charge in [-0.15, -0.1) is 0 Å². The third kappa shape index (κ3) is 4.30. The van der Waals surface area contributed by atoms with Crippen LogP contribution in [-0.2, 0) is 19.1 Å². The van der Waals surface area contributed by atoms with Crippen LogP contribution >= 0.6 is 0 Å². The monoisotopic (exact) mass is 425 g/mol. The van der Waals surface area contributed by atoms with E-state index in [2.05, 4.69) is 0 Å². The van der Waals surface area contributed by atoms with Crippen LogP contribution in [0.15, 0.2) is 18.2 Å². The number of carbonyl (C=O) groups is 4. The molecule has 2 saturated carbocycles. The number of amides is 2. The predicted molar refractivity (Wildman–Crippen MR) is 114 cm³/mol. The van der Waals surface area contributed by atoms with Gasteiger partial charge in [0.2, 0.25) is 11.8 Å². The quantitative estimate of drug-likeness (QED) is 0.408. The summed E-state index contributed by atoms with van der Waals surface area (Å²) < 4.78 is 5.31. The van der Waals surface area contributed by atoms with E-state index in [9.17, 15) is 19.2 Å². The highest BCUT2D eigenvalue weighted by Gasteiger charge is 2.50. The molecule has 1 heterocycles. The van der Waals surface area contributed by atoms with Crippen LogP contribution in [0.1, 0.15) is 72.9 Å². The molecule has 0 spiro atoms. The van der Waals surface area contributed by atoms with Crippen molar-refractivity contribution in [2.24, 2.45) is 17.8 Å². The number of likely N-dealkylation sites (tertiary alicyclic amines) is 1. The second-order valence-corrected chi connectivity index (χ2v) is 9.38. The van der Waals surface area contributed by atoms with Crippen LogP contribution in [0.25, 0.3) is 0 Å². The maximum absolute atomic E-state index is 12.8. The Morgan fingerprint density at radius 1 is 0.903 bits per heavy atom. The molecule has 2 amide bonds. The minimum Gasteiger partial charge on any atom is -0.457 e. The highest BCUT2D eigenvalue weighted by molar-refractivity contribution is 6.05. The van der Waals surface area contributed by atoms with Gasteiger partial charge in [-0.25, -0.2) is 0 Å². The van der Waals surface area contributed by atoms with Gasteiger partial charge in [0.1, 0.15) is 0 Å². The van der Waals surface area contributed by atoms with Gasteiger partial charge in [-0.3, -0.25) is 24.1 Å². The standard InChI is InChI=1S/C25H31NO5/c1-15-7-8-18(13-16(15)2)22(27)14-31-25(30)17-9-11-19(12-10-17)26-23(28)20-5-3-4-6-21(20)24(26)29/h7-8,13,17,19-21H,3-6,9-12,14H2,1-2H3/t17?,19?,20-,21-/m1/s1. The van der Waals surface area contributed by atoms with Crippen molar-refractivity contribution in [1.82, 2.24) is 4.90 Å². The molecule has 166 valence electrons. The lowest BCUT2D eigenvalue weighted by molar-refractivity contribution is -0.149. The van der Waals surface area contributed by atoms with Gasteiger partial charge in [-0.2, -0.15) is 0 Å². The molecule has 0 bridgehead atoms. The van der Waals surface area contributed by atoms with Crippen LogP contribution in [0.2, 0.25) is 0 Å². The molecule has 3 fully saturated rings. The van der Waals surface area contributed by atoms with Crippen molar-refractivity contribution in [3.63, 3.8) is 0 Å². The molecule has 2 aliphatic carbocycles. The lowest BCUT2D eigenvalue weighted by atomic mass is 9.81. The molecule has 2 atom stereocenters. The number of nitrogens with zero attached hydrogens (tertiary/aromatic N) is 1. The van der Waals surface area contributed by atoms with Crippen molar-refractivity contribution in [2.75, 3.05) is 6.61 Å². The molecule has 6 heteroatoms. The molecular formula is C25H31NO5. The van der Waals surface area contributed by atoms with E-state index >= 15 is 0 Å². The SMILES string of the molecule is Cc1ccc(C(=O)COC(=O)C2CCC(N3C(=O)[C@@H]4CCCC[C@H]4C3=O)CC2)cc1C. The Labute approximate surface area is 183 Å². The largest absolute Gasteiger partial charge is 0.457 e.